The normalized spacial score (nSPS) is 15.2. The molecule has 0 amide bonds. The van der Waals surface area contributed by atoms with E-state index in [2.05, 4.69) is 36.2 Å². The Hall–Kier alpha value is -1.89. The molecular weight excluding hydrogens is 308 g/mol. The van der Waals surface area contributed by atoms with Gasteiger partial charge < -0.3 is 5.73 Å². The number of pyridine rings is 1. The number of aromatic nitrogens is 5. The molecule has 0 bridgehead atoms. The van der Waals surface area contributed by atoms with Gasteiger partial charge in [0.1, 0.15) is 5.82 Å². The van der Waals surface area contributed by atoms with Crippen LogP contribution in [-0.2, 0) is 0 Å². The zero-order chi connectivity index (χ0) is 13.0. The van der Waals surface area contributed by atoms with Crippen LogP contribution in [0, 0.1) is 0 Å². The van der Waals surface area contributed by atoms with E-state index >= 15 is 0 Å². The summed E-state index contributed by atoms with van der Waals surface area (Å²) in [4.78, 5) is 4.36. The second-order valence-corrected chi connectivity index (χ2v) is 5.66. The van der Waals surface area contributed by atoms with Crippen LogP contribution >= 0.6 is 15.9 Å². The highest BCUT2D eigenvalue weighted by molar-refractivity contribution is 9.10. The van der Waals surface area contributed by atoms with E-state index in [1.165, 1.54) is 12.8 Å². The fraction of sp³-hybridized carbons (Fsp3) is 0.250. The maximum Gasteiger partial charge on any atom is 0.188 e. The van der Waals surface area contributed by atoms with Gasteiger partial charge in [0, 0.05) is 16.6 Å². The standard InChI is InChI=1S/C12H11BrN6/c13-7-3-4-8(15-5-7)19-12-9(11(14)16-17-12)10(18-19)6-1-2-6/h3-6H,1-2H2,(H3,14,16,17). The third kappa shape index (κ3) is 1.65. The Labute approximate surface area is 117 Å². The zero-order valence-corrected chi connectivity index (χ0v) is 11.6. The summed E-state index contributed by atoms with van der Waals surface area (Å²) in [5.41, 5.74) is 7.74. The summed E-state index contributed by atoms with van der Waals surface area (Å²) in [7, 11) is 0. The van der Waals surface area contributed by atoms with E-state index < -0.39 is 0 Å². The third-order valence-electron chi connectivity index (χ3n) is 3.33. The second-order valence-electron chi connectivity index (χ2n) is 4.74. The molecule has 0 aromatic carbocycles. The van der Waals surface area contributed by atoms with Crippen LogP contribution in [0.4, 0.5) is 5.82 Å². The zero-order valence-electron chi connectivity index (χ0n) is 9.97. The van der Waals surface area contributed by atoms with Gasteiger partial charge in [-0.05, 0) is 40.9 Å². The van der Waals surface area contributed by atoms with Gasteiger partial charge in [-0.15, -0.1) is 0 Å². The summed E-state index contributed by atoms with van der Waals surface area (Å²) < 4.78 is 2.69. The fourth-order valence-corrected chi connectivity index (χ4v) is 2.49. The SMILES string of the molecule is Nc1[nH]nc2c1c(C1CC1)nn2-c1ccc(Br)cn1. The summed E-state index contributed by atoms with van der Waals surface area (Å²) in [6, 6.07) is 3.83. The lowest BCUT2D eigenvalue weighted by molar-refractivity contribution is 0.817. The van der Waals surface area contributed by atoms with Crippen LogP contribution in [-0.4, -0.2) is 25.0 Å². The predicted molar refractivity (Wildman–Crippen MR) is 75.1 cm³/mol. The lowest BCUT2D eigenvalue weighted by Crippen LogP contribution is -2.00. The molecule has 0 spiro atoms. The number of aromatic amines is 1. The molecule has 6 nitrogen and oxygen atoms in total. The number of halogens is 1. The van der Waals surface area contributed by atoms with E-state index in [-0.39, 0.29) is 0 Å². The van der Waals surface area contributed by atoms with E-state index in [1.54, 1.807) is 10.9 Å². The molecular formula is C12H11BrN6. The molecule has 3 heterocycles. The molecule has 3 aromatic rings. The van der Waals surface area contributed by atoms with Crippen molar-refractivity contribution in [3.8, 4) is 5.82 Å². The maximum atomic E-state index is 5.96. The fourth-order valence-electron chi connectivity index (χ4n) is 2.25. The van der Waals surface area contributed by atoms with Gasteiger partial charge in [-0.3, -0.25) is 5.10 Å². The highest BCUT2D eigenvalue weighted by Gasteiger charge is 2.31. The van der Waals surface area contributed by atoms with Gasteiger partial charge in [0.25, 0.3) is 0 Å². The molecule has 96 valence electrons. The van der Waals surface area contributed by atoms with Gasteiger partial charge in [-0.2, -0.15) is 14.9 Å². The van der Waals surface area contributed by atoms with E-state index in [0.29, 0.717) is 11.7 Å². The van der Waals surface area contributed by atoms with Gasteiger partial charge in [0.2, 0.25) is 0 Å². The Morgan fingerprint density at radius 2 is 2.21 bits per heavy atom. The van der Waals surface area contributed by atoms with Crippen LogP contribution in [0.1, 0.15) is 24.5 Å². The Kier molecular flexibility index (Phi) is 2.20. The van der Waals surface area contributed by atoms with Crippen molar-refractivity contribution in [2.45, 2.75) is 18.8 Å². The molecule has 0 atom stereocenters. The van der Waals surface area contributed by atoms with Crippen molar-refractivity contribution in [3.05, 3.63) is 28.5 Å². The van der Waals surface area contributed by atoms with Crippen molar-refractivity contribution >= 4 is 32.8 Å². The molecule has 3 N–H and O–H groups in total. The Morgan fingerprint density at radius 1 is 1.37 bits per heavy atom. The number of hydrogen-bond acceptors (Lipinski definition) is 4. The number of nitrogens with one attached hydrogen (secondary N) is 1. The minimum absolute atomic E-state index is 0.513. The highest BCUT2D eigenvalue weighted by atomic mass is 79.9. The van der Waals surface area contributed by atoms with Crippen molar-refractivity contribution in [1.29, 1.82) is 0 Å². The molecule has 7 heteroatoms. The van der Waals surface area contributed by atoms with Crippen molar-refractivity contribution in [1.82, 2.24) is 25.0 Å². The van der Waals surface area contributed by atoms with E-state index in [1.807, 2.05) is 12.1 Å². The minimum atomic E-state index is 0.513. The average Bonchev–Trinajstić information content (AvgIpc) is 3.08. The molecule has 0 unspecified atom stereocenters. The summed E-state index contributed by atoms with van der Waals surface area (Å²) in [5.74, 6) is 1.84. The Bertz CT molecular complexity index is 752. The van der Waals surface area contributed by atoms with E-state index in [9.17, 15) is 0 Å². The van der Waals surface area contributed by atoms with Gasteiger partial charge in [-0.1, -0.05) is 0 Å². The van der Waals surface area contributed by atoms with Crippen LogP contribution in [0.2, 0.25) is 0 Å². The molecule has 0 aliphatic heterocycles. The Balaban J connectivity index is 1.96. The number of H-pyrrole nitrogens is 1. The number of anilines is 1. The summed E-state index contributed by atoms with van der Waals surface area (Å²) in [6.07, 6.45) is 4.09. The first-order valence-electron chi connectivity index (χ1n) is 6.08. The minimum Gasteiger partial charge on any atom is -0.383 e. The monoisotopic (exact) mass is 318 g/mol. The van der Waals surface area contributed by atoms with Gasteiger partial charge in [-0.25, -0.2) is 4.98 Å². The molecule has 3 aromatic heterocycles. The molecule has 4 rings (SSSR count). The quantitative estimate of drug-likeness (QED) is 0.759. The summed E-state index contributed by atoms with van der Waals surface area (Å²) in [5, 5.41) is 12.7. The molecule has 1 aliphatic carbocycles. The molecule has 19 heavy (non-hydrogen) atoms. The van der Waals surface area contributed by atoms with Crippen LogP contribution in [0.25, 0.3) is 16.9 Å². The second kappa shape index (κ2) is 3.80. The molecule has 0 saturated heterocycles. The van der Waals surface area contributed by atoms with E-state index in [4.69, 9.17) is 5.73 Å². The number of nitrogens with zero attached hydrogens (tertiary/aromatic N) is 4. The van der Waals surface area contributed by atoms with Gasteiger partial charge >= 0.3 is 0 Å². The van der Waals surface area contributed by atoms with Crippen molar-refractivity contribution in [2.24, 2.45) is 0 Å². The topological polar surface area (TPSA) is 85.4 Å². The van der Waals surface area contributed by atoms with Crippen molar-refractivity contribution < 1.29 is 0 Å². The van der Waals surface area contributed by atoms with Crippen molar-refractivity contribution in [2.75, 3.05) is 5.73 Å². The van der Waals surface area contributed by atoms with Crippen molar-refractivity contribution in [3.63, 3.8) is 0 Å². The number of hydrogen-bond donors (Lipinski definition) is 2. The highest BCUT2D eigenvalue weighted by Crippen LogP contribution is 2.43. The lowest BCUT2D eigenvalue weighted by Gasteiger charge is -2.00. The van der Waals surface area contributed by atoms with Crippen LogP contribution in [0.5, 0.6) is 0 Å². The molecule has 1 fully saturated rings. The molecule has 1 aliphatic rings. The largest absolute Gasteiger partial charge is 0.383 e. The van der Waals surface area contributed by atoms with Crippen LogP contribution in [0.3, 0.4) is 0 Å². The summed E-state index contributed by atoms with van der Waals surface area (Å²) >= 11 is 3.38. The van der Waals surface area contributed by atoms with Gasteiger partial charge in [0.05, 0.1) is 11.1 Å². The number of fused-ring (bicyclic) bond motifs is 1. The molecule has 1 saturated carbocycles. The average molecular weight is 319 g/mol. The first-order valence-corrected chi connectivity index (χ1v) is 6.88. The number of nitrogens with two attached hydrogens (primary N) is 1. The first kappa shape index (κ1) is 11.0. The third-order valence-corrected chi connectivity index (χ3v) is 3.80. The van der Waals surface area contributed by atoms with Gasteiger partial charge in [0.15, 0.2) is 11.5 Å². The first-order chi connectivity index (χ1) is 9.24. The summed E-state index contributed by atoms with van der Waals surface area (Å²) in [6.45, 7) is 0. The smallest absolute Gasteiger partial charge is 0.188 e. The Morgan fingerprint density at radius 3 is 2.89 bits per heavy atom. The van der Waals surface area contributed by atoms with E-state index in [0.717, 1.165) is 27.0 Å². The number of rotatable bonds is 2. The van der Waals surface area contributed by atoms with Crippen LogP contribution in [0.15, 0.2) is 22.8 Å². The lowest BCUT2D eigenvalue weighted by atomic mass is 10.2. The maximum absolute atomic E-state index is 5.96. The molecule has 0 radical (unpaired) electrons. The predicted octanol–water partition coefficient (Wildman–Crippen LogP) is 2.37. The number of nitrogen functional groups attached to an aromatic ring is 1. The van der Waals surface area contributed by atoms with Crippen LogP contribution < -0.4 is 5.73 Å².